The Bertz CT molecular complexity index is 1210. The lowest BCUT2D eigenvalue weighted by molar-refractivity contribution is -0.137. The molecule has 0 atom stereocenters. The SMILES string of the molecule is CSSC(C)(C)CCC(=O)NCCCOc1cc(CO)cc(CO)c1.CSSC(C)(C)CCC(=O)O.NCCCOc1cc(CO)cc(CO)c1. The molecule has 0 aliphatic rings. The zero-order valence-electron chi connectivity index (χ0n) is 30.9. The molecule has 0 aliphatic heterocycles. The minimum atomic E-state index is -0.709. The van der Waals surface area contributed by atoms with Gasteiger partial charge in [0.15, 0.2) is 0 Å². The molecule has 51 heavy (non-hydrogen) atoms. The van der Waals surface area contributed by atoms with Crippen molar-refractivity contribution < 1.29 is 44.6 Å². The summed E-state index contributed by atoms with van der Waals surface area (Å²) in [6.07, 6.45) is 7.91. The van der Waals surface area contributed by atoms with Crippen molar-refractivity contribution in [1.82, 2.24) is 5.32 Å². The Morgan fingerprint density at radius 3 is 1.43 bits per heavy atom. The highest BCUT2D eigenvalue weighted by atomic mass is 33.1. The van der Waals surface area contributed by atoms with Gasteiger partial charge in [0.1, 0.15) is 11.5 Å². The van der Waals surface area contributed by atoms with Crippen LogP contribution in [-0.2, 0) is 36.0 Å². The summed E-state index contributed by atoms with van der Waals surface area (Å²) in [5.74, 6) is 0.649. The molecule has 0 heterocycles. The minimum Gasteiger partial charge on any atom is -0.494 e. The van der Waals surface area contributed by atoms with Gasteiger partial charge < -0.3 is 46.1 Å². The number of amides is 1. The van der Waals surface area contributed by atoms with E-state index in [1.165, 1.54) is 0 Å². The molecular formula is C36H60N2O9S4. The second kappa shape index (κ2) is 28.7. The molecule has 11 nitrogen and oxygen atoms in total. The number of rotatable bonds is 23. The normalized spacial score (nSPS) is 11.1. The Hall–Kier alpha value is -1.82. The molecule has 0 saturated carbocycles. The first-order chi connectivity index (χ1) is 24.2. The van der Waals surface area contributed by atoms with E-state index in [0.29, 0.717) is 61.8 Å². The summed E-state index contributed by atoms with van der Waals surface area (Å²) < 4.78 is 11.2. The van der Waals surface area contributed by atoms with Crippen molar-refractivity contribution in [2.75, 3.05) is 38.8 Å². The molecule has 2 aromatic carbocycles. The number of aliphatic hydroxyl groups is 4. The van der Waals surface area contributed by atoms with Crippen LogP contribution in [0.2, 0.25) is 0 Å². The molecule has 292 valence electrons. The molecule has 2 rings (SSSR count). The van der Waals surface area contributed by atoms with E-state index in [-0.39, 0.29) is 48.2 Å². The third kappa shape index (κ3) is 25.7. The highest BCUT2D eigenvalue weighted by Gasteiger charge is 2.20. The van der Waals surface area contributed by atoms with Crippen molar-refractivity contribution in [2.24, 2.45) is 5.73 Å². The van der Waals surface area contributed by atoms with E-state index in [1.54, 1.807) is 79.6 Å². The molecular weight excluding hydrogens is 733 g/mol. The predicted octanol–water partition coefficient (Wildman–Crippen LogP) is 6.17. The molecule has 0 unspecified atom stereocenters. The number of ether oxygens (including phenoxy) is 2. The molecule has 0 radical (unpaired) electrons. The molecule has 15 heteroatoms. The van der Waals surface area contributed by atoms with Gasteiger partial charge in [-0.1, -0.05) is 55.3 Å². The number of nitrogens with two attached hydrogens (primary N) is 1. The zero-order chi connectivity index (χ0) is 38.7. The average molecular weight is 793 g/mol. The maximum Gasteiger partial charge on any atom is 0.303 e. The summed E-state index contributed by atoms with van der Waals surface area (Å²) >= 11 is 0. The second-order valence-electron chi connectivity index (χ2n) is 12.6. The van der Waals surface area contributed by atoms with E-state index in [9.17, 15) is 19.8 Å². The van der Waals surface area contributed by atoms with E-state index in [0.717, 1.165) is 30.4 Å². The number of carbonyl (C=O) groups excluding carboxylic acids is 1. The van der Waals surface area contributed by atoms with Crippen LogP contribution in [-0.4, -0.2) is 85.7 Å². The van der Waals surface area contributed by atoms with E-state index in [4.69, 9.17) is 30.5 Å². The van der Waals surface area contributed by atoms with Crippen LogP contribution in [0.4, 0.5) is 0 Å². The lowest BCUT2D eigenvalue weighted by Crippen LogP contribution is -2.27. The maximum absolute atomic E-state index is 11.9. The highest BCUT2D eigenvalue weighted by Crippen LogP contribution is 2.37. The summed E-state index contributed by atoms with van der Waals surface area (Å²) in [6, 6.07) is 10.5. The summed E-state index contributed by atoms with van der Waals surface area (Å²) in [7, 11) is 6.93. The lowest BCUT2D eigenvalue weighted by atomic mass is 10.1. The average Bonchev–Trinajstić information content (AvgIpc) is 3.10. The maximum atomic E-state index is 11.9. The monoisotopic (exact) mass is 792 g/mol. The highest BCUT2D eigenvalue weighted by molar-refractivity contribution is 8.77. The standard InChI is InChI=1S/C18H29NO4S2.C11H17NO3.C7H14O2S2/c1-18(2,25-24-3)6-5-17(22)19-7-4-8-23-16-10-14(12-20)9-15(11-16)13-21;12-2-1-3-15-11-5-9(7-13)4-10(6-11)8-14;1-7(2,11-10-3)5-4-6(8)9/h9-11,20-21H,4-8,12-13H2,1-3H3,(H,19,22);4-6,13-14H,1-3,7-8,12H2;4-5H2,1-3H3,(H,8,9). The number of hydrogen-bond acceptors (Lipinski definition) is 13. The predicted molar refractivity (Wildman–Crippen MR) is 215 cm³/mol. The molecule has 0 aliphatic carbocycles. The van der Waals surface area contributed by atoms with Gasteiger partial charge in [0.2, 0.25) is 5.91 Å². The van der Waals surface area contributed by atoms with Crippen molar-refractivity contribution in [3.05, 3.63) is 58.7 Å². The molecule has 0 aromatic heterocycles. The summed E-state index contributed by atoms with van der Waals surface area (Å²) in [5, 5.41) is 47.7. The third-order valence-corrected chi connectivity index (χ3v) is 12.2. The van der Waals surface area contributed by atoms with E-state index in [1.807, 2.05) is 12.5 Å². The van der Waals surface area contributed by atoms with Crippen LogP contribution >= 0.6 is 43.2 Å². The van der Waals surface area contributed by atoms with Crippen molar-refractivity contribution >= 4 is 55.1 Å². The van der Waals surface area contributed by atoms with Gasteiger partial charge in [0, 0.05) is 28.9 Å². The molecule has 0 saturated heterocycles. The Balaban J connectivity index is 0.000000814. The summed E-state index contributed by atoms with van der Waals surface area (Å²) in [5.41, 5.74) is 8.24. The van der Waals surface area contributed by atoms with Crippen molar-refractivity contribution in [3.63, 3.8) is 0 Å². The Kier molecular flexibility index (Phi) is 27.6. The lowest BCUT2D eigenvalue weighted by Gasteiger charge is -2.21. The fourth-order valence-electron chi connectivity index (χ4n) is 4.20. The van der Waals surface area contributed by atoms with Gasteiger partial charge in [-0.15, -0.1) is 0 Å². The van der Waals surface area contributed by atoms with E-state index >= 15 is 0 Å². The first-order valence-corrected chi connectivity index (χ1v) is 21.9. The minimum absolute atomic E-state index is 0.0545. The number of aliphatic carboxylic acids is 1. The van der Waals surface area contributed by atoms with Gasteiger partial charge in [-0.2, -0.15) is 0 Å². The van der Waals surface area contributed by atoms with Gasteiger partial charge >= 0.3 is 5.97 Å². The number of carbonyl (C=O) groups is 2. The zero-order valence-corrected chi connectivity index (χ0v) is 34.2. The summed E-state index contributed by atoms with van der Waals surface area (Å²) in [6.45, 7) is 10.3. The largest absolute Gasteiger partial charge is 0.494 e. The van der Waals surface area contributed by atoms with Crippen LogP contribution in [0.3, 0.4) is 0 Å². The molecule has 2 aromatic rings. The molecule has 0 fully saturated rings. The third-order valence-electron chi connectivity index (χ3n) is 6.82. The quantitative estimate of drug-likeness (QED) is 0.0500. The Morgan fingerprint density at radius 2 is 1.08 bits per heavy atom. The second-order valence-corrected chi connectivity index (χ2v) is 18.8. The Morgan fingerprint density at radius 1 is 0.686 bits per heavy atom. The van der Waals surface area contributed by atoms with E-state index in [2.05, 4.69) is 33.0 Å². The number of nitrogens with one attached hydrogen (secondary N) is 1. The molecule has 0 spiro atoms. The number of hydrogen-bond donors (Lipinski definition) is 7. The van der Waals surface area contributed by atoms with Gasteiger partial charge in [0.05, 0.1) is 39.6 Å². The van der Waals surface area contributed by atoms with Crippen LogP contribution in [0.15, 0.2) is 36.4 Å². The first kappa shape index (κ1) is 49.2. The van der Waals surface area contributed by atoms with Crippen molar-refractivity contribution in [3.8, 4) is 11.5 Å². The Labute approximate surface area is 320 Å². The van der Waals surface area contributed by atoms with Crippen LogP contribution in [0, 0.1) is 0 Å². The van der Waals surface area contributed by atoms with Crippen molar-refractivity contribution in [2.45, 2.75) is 102 Å². The molecule has 8 N–H and O–H groups in total. The molecule has 1 amide bonds. The van der Waals surface area contributed by atoms with Gasteiger partial charge in [-0.25, -0.2) is 0 Å². The first-order valence-electron chi connectivity index (χ1n) is 16.7. The number of carboxylic acids is 1. The van der Waals surface area contributed by atoms with Gasteiger partial charge in [-0.05, 0) is 119 Å². The number of carboxylic acid groups (broad SMARTS) is 1. The van der Waals surface area contributed by atoms with Crippen LogP contribution in [0.25, 0.3) is 0 Å². The van der Waals surface area contributed by atoms with Crippen LogP contribution in [0.1, 0.15) is 88.5 Å². The van der Waals surface area contributed by atoms with Gasteiger partial charge in [-0.3, -0.25) is 9.59 Å². The van der Waals surface area contributed by atoms with Crippen LogP contribution in [0.5, 0.6) is 11.5 Å². The topological polar surface area (TPSA) is 192 Å². The van der Waals surface area contributed by atoms with Gasteiger partial charge in [0.25, 0.3) is 0 Å². The smallest absolute Gasteiger partial charge is 0.303 e. The molecule has 0 bridgehead atoms. The van der Waals surface area contributed by atoms with Crippen LogP contribution < -0.4 is 20.5 Å². The van der Waals surface area contributed by atoms with Crippen molar-refractivity contribution in [1.29, 1.82) is 0 Å². The number of aliphatic hydroxyl groups excluding tert-OH is 4. The van der Waals surface area contributed by atoms with E-state index < -0.39 is 5.97 Å². The summed E-state index contributed by atoms with van der Waals surface area (Å²) in [4.78, 5) is 22.1. The number of benzene rings is 2. The fourth-order valence-corrected chi connectivity index (χ4v) is 8.68. The fraction of sp³-hybridized carbons (Fsp3) is 0.611.